The maximum atomic E-state index is 4.02. The maximum absolute atomic E-state index is 4.02. The highest BCUT2D eigenvalue weighted by atomic mass is 32.2. The minimum atomic E-state index is 0.299. The number of hydrogen-bond acceptors (Lipinski definition) is 5. The predicted molar refractivity (Wildman–Crippen MR) is 66.9 cm³/mol. The molecule has 2 heterocycles. The van der Waals surface area contributed by atoms with Crippen LogP contribution in [-0.4, -0.2) is 30.9 Å². The predicted octanol–water partition coefficient (Wildman–Crippen LogP) is 1.98. The molecule has 0 saturated carbocycles. The van der Waals surface area contributed by atoms with E-state index in [4.69, 9.17) is 0 Å². The second kappa shape index (κ2) is 5.77. The molecule has 0 aliphatic rings. The highest BCUT2D eigenvalue weighted by molar-refractivity contribution is 7.99. The van der Waals surface area contributed by atoms with Gasteiger partial charge in [0.15, 0.2) is 0 Å². The summed E-state index contributed by atoms with van der Waals surface area (Å²) in [6, 6.07) is 4.37. The molecule has 0 atom stereocenters. The third-order valence-corrected chi connectivity index (χ3v) is 3.26. The van der Waals surface area contributed by atoms with Crippen LogP contribution in [0.15, 0.2) is 29.7 Å². The summed E-state index contributed by atoms with van der Waals surface area (Å²) in [5.74, 6) is 0.969. The largest absolute Gasteiger partial charge is 0.265 e. The summed E-state index contributed by atoms with van der Waals surface area (Å²) in [6.07, 6.45) is 4.63. The van der Waals surface area contributed by atoms with Gasteiger partial charge in [-0.1, -0.05) is 11.8 Å². The summed E-state index contributed by atoms with van der Waals surface area (Å²) in [6.45, 7) is 4.15. The fourth-order valence-corrected chi connectivity index (χ4v) is 2.41. The fourth-order valence-electron chi connectivity index (χ4n) is 1.41. The van der Waals surface area contributed by atoms with Crippen LogP contribution in [0.5, 0.6) is 0 Å². The molecule has 17 heavy (non-hydrogen) atoms. The lowest BCUT2D eigenvalue weighted by Crippen LogP contribution is -2.05. The molecule has 90 valence electrons. The number of pyridine rings is 1. The van der Waals surface area contributed by atoms with E-state index in [1.54, 1.807) is 11.8 Å². The van der Waals surface area contributed by atoms with Gasteiger partial charge in [-0.25, -0.2) is 4.68 Å². The Morgan fingerprint density at radius 2 is 2.06 bits per heavy atom. The van der Waals surface area contributed by atoms with Crippen LogP contribution in [0.3, 0.4) is 0 Å². The Morgan fingerprint density at radius 3 is 2.76 bits per heavy atom. The third kappa shape index (κ3) is 3.26. The van der Waals surface area contributed by atoms with Gasteiger partial charge in [-0.05, 0) is 48.4 Å². The van der Waals surface area contributed by atoms with Crippen molar-refractivity contribution in [2.75, 3.05) is 5.75 Å². The van der Waals surface area contributed by atoms with E-state index in [0.29, 0.717) is 6.04 Å². The summed E-state index contributed by atoms with van der Waals surface area (Å²) in [5.41, 5.74) is 1.29. The zero-order chi connectivity index (χ0) is 12.1. The molecule has 0 radical (unpaired) electrons. The Kier molecular flexibility index (Phi) is 4.08. The molecule has 0 unspecified atom stereocenters. The lowest BCUT2D eigenvalue weighted by atomic mass is 10.2. The van der Waals surface area contributed by atoms with Gasteiger partial charge in [-0.2, -0.15) is 0 Å². The number of hydrogen-bond donors (Lipinski definition) is 0. The highest BCUT2D eigenvalue weighted by Crippen LogP contribution is 2.18. The van der Waals surface area contributed by atoms with Crippen LogP contribution in [0.4, 0.5) is 0 Å². The van der Waals surface area contributed by atoms with E-state index in [0.717, 1.165) is 17.3 Å². The number of rotatable bonds is 5. The third-order valence-electron chi connectivity index (χ3n) is 2.32. The highest BCUT2D eigenvalue weighted by Gasteiger charge is 2.09. The number of aryl methyl sites for hydroxylation is 1. The average Bonchev–Trinajstić information content (AvgIpc) is 2.79. The van der Waals surface area contributed by atoms with Crippen LogP contribution < -0.4 is 0 Å². The Labute approximate surface area is 105 Å². The minimum absolute atomic E-state index is 0.299. The number of tetrazole rings is 1. The van der Waals surface area contributed by atoms with E-state index >= 15 is 0 Å². The summed E-state index contributed by atoms with van der Waals surface area (Å²) >= 11 is 1.68. The Bertz CT molecular complexity index is 454. The molecule has 0 aliphatic carbocycles. The lowest BCUT2D eigenvalue weighted by Gasteiger charge is -2.06. The van der Waals surface area contributed by atoms with Crippen LogP contribution >= 0.6 is 11.8 Å². The van der Waals surface area contributed by atoms with Crippen LogP contribution in [0.25, 0.3) is 0 Å². The van der Waals surface area contributed by atoms with Crippen molar-refractivity contribution in [2.24, 2.45) is 0 Å². The molecule has 0 fully saturated rings. The van der Waals surface area contributed by atoms with Crippen LogP contribution in [0, 0.1) is 0 Å². The summed E-state index contributed by atoms with van der Waals surface area (Å²) in [5, 5.41) is 12.6. The van der Waals surface area contributed by atoms with Crippen molar-refractivity contribution in [3.8, 4) is 0 Å². The molecule has 2 aromatic heterocycles. The Morgan fingerprint density at radius 1 is 1.29 bits per heavy atom. The second-order valence-electron chi connectivity index (χ2n) is 3.95. The van der Waals surface area contributed by atoms with Crippen molar-refractivity contribution in [1.29, 1.82) is 0 Å². The molecule has 0 spiro atoms. The number of nitrogens with zero attached hydrogens (tertiary/aromatic N) is 5. The molecule has 0 aromatic carbocycles. The zero-order valence-electron chi connectivity index (χ0n) is 9.95. The van der Waals surface area contributed by atoms with Crippen molar-refractivity contribution >= 4 is 11.8 Å². The first-order valence-electron chi connectivity index (χ1n) is 5.57. The monoisotopic (exact) mass is 249 g/mol. The summed E-state index contributed by atoms with van der Waals surface area (Å²) in [7, 11) is 0. The standard InChI is InChI=1S/C11H15N5S/c1-9(2)16-11(13-14-15-16)17-8-5-10-3-6-12-7-4-10/h3-4,6-7,9H,5,8H2,1-2H3. The van der Waals surface area contributed by atoms with E-state index < -0.39 is 0 Å². The van der Waals surface area contributed by atoms with Crippen molar-refractivity contribution < 1.29 is 0 Å². The van der Waals surface area contributed by atoms with Gasteiger partial charge in [0.2, 0.25) is 5.16 Å². The molecule has 2 aromatic rings. The van der Waals surface area contributed by atoms with E-state index in [9.17, 15) is 0 Å². The van der Waals surface area contributed by atoms with Crippen molar-refractivity contribution in [3.63, 3.8) is 0 Å². The van der Waals surface area contributed by atoms with Gasteiger partial charge in [-0.15, -0.1) is 5.10 Å². The van der Waals surface area contributed by atoms with Gasteiger partial charge >= 0.3 is 0 Å². The Hall–Kier alpha value is -1.43. The molecule has 0 N–H and O–H groups in total. The molecule has 0 amide bonds. The van der Waals surface area contributed by atoms with Gasteiger partial charge in [0, 0.05) is 18.1 Å². The van der Waals surface area contributed by atoms with Gasteiger partial charge < -0.3 is 0 Å². The van der Waals surface area contributed by atoms with Gasteiger partial charge in [0.1, 0.15) is 0 Å². The quantitative estimate of drug-likeness (QED) is 0.758. The SMILES string of the molecule is CC(C)n1nnnc1SCCc1ccncc1. The smallest absolute Gasteiger partial charge is 0.209 e. The molecular weight excluding hydrogens is 234 g/mol. The average molecular weight is 249 g/mol. The molecule has 0 saturated heterocycles. The van der Waals surface area contributed by atoms with E-state index in [2.05, 4.69) is 34.4 Å². The normalized spacial score (nSPS) is 11.0. The van der Waals surface area contributed by atoms with E-state index in [1.807, 2.05) is 29.2 Å². The first-order chi connectivity index (χ1) is 8.27. The van der Waals surface area contributed by atoms with E-state index in [-0.39, 0.29) is 0 Å². The fraction of sp³-hybridized carbons (Fsp3) is 0.455. The van der Waals surface area contributed by atoms with Gasteiger partial charge in [-0.3, -0.25) is 4.98 Å². The minimum Gasteiger partial charge on any atom is -0.265 e. The van der Waals surface area contributed by atoms with Crippen molar-refractivity contribution in [2.45, 2.75) is 31.5 Å². The first-order valence-corrected chi connectivity index (χ1v) is 6.55. The first kappa shape index (κ1) is 12.0. The molecule has 2 rings (SSSR count). The van der Waals surface area contributed by atoms with Gasteiger partial charge in [0.25, 0.3) is 0 Å². The second-order valence-corrected chi connectivity index (χ2v) is 5.02. The zero-order valence-corrected chi connectivity index (χ0v) is 10.8. The maximum Gasteiger partial charge on any atom is 0.209 e. The number of thioether (sulfide) groups is 1. The molecular formula is C11H15N5S. The lowest BCUT2D eigenvalue weighted by molar-refractivity contribution is 0.477. The summed E-state index contributed by atoms with van der Waals surface area (Å²) in [4.78, 5) is 4.00. The van der Waals surface area contributed by atoms with E-state index in [1.165, 1.54) is 5.56 Å². The topological polar surface area (TPSA) is 56.5 Å². The molecule has 0 bridgehead atoms. The van der Waals surface area contributed by atoms with Crippen molar-refractivity contribution in [3.05, 3.63) is 30.1 Å². The van der Waals surface area contributed by atoms with Crippen LogP contribution in [-0.2, 0) is 6.42 Å². The Balaban J connectivity index is 1.88. The molecule has 0 aliphatic heterocycles. The van der Waals surface area contributed by atoms with Gasteiger partial charge in [0.05, 0.1) is 6.04 Å². The van der Waals surface area contributed by atoms with Crippen LogP contribution in [0.1, 0.15) is 25.5 Å². The molecule has 6 heteroatoms. The number of aromatic nitrogens is 5. The van der Waals surface area contributed by atoms with Crippen LogP contribution in [0.2, 0.25) is 0 Å². The van der Waals surface area contributed by atoms with Crippen molar-refractivity contribution in [1.82, 2.24) is 25.2 Å². The summed E-state index contributed by atoms with van der Waals surface area (Å²) < 4.78 is 1.84. The molecule has 5 nitrogen and oxygen atoms in total.